The first-order valence-electron chi connectivity index (χ1n) is 10.0. The van der Waals surface area contributed by atoms with Crippen molar-refractivity contribution in [3.05, 3.63) is 35.4 Å². The van der Waals surface area contributed by atoms with Crippen LogP contribution in [-0.4, -0.2) is 62.2 Å². The van der Waals surface area contributed by atoms with E-state index in [2.05, 4.69) is 67.2 Å². The molecule has 2 rings (SSSR count). The Labute approximate surface area is 159 Å². The Morgan fingerprint density at radius 3 is 2.65 bits per heavy atom. The van der Waals surface area contributed by atoms with E-state index in [0.717, 1.165) is 58.3 Å². The predicted octanol–water partition coefficient (Wildman–Crippen LogP) is 2.96. The lowest BCUT2D eigenvalue weighted by Gasteiger charge is -2.24. The molecule has 0 radical (unpaired) electrons. The third-order valence-electron chi connectivity index (χ3n) is 4.96. The molecule has 0 aliphatic carbocycles. The van der Waals surface area contributed by atoms with Crippen molar-refractivity contribution in [3.8, 4) is 0 Å². The maximum Gasteiger partial charge on any atom is 0.193 e. The van der Waals surface area contributed by atoms with Crippen molar-refractivity contribution < 1.29 is 4.74 Å². The van der Waals surface area contributed by atoms with Crippen molar-refractivity contribution in [1.82, 2.24) is 15.1 Å². The highest BCUT2D eigenvalue weighted by atomic mass is 16.5. The number of rotatable bonds is 9. The first-order valence-corrected chi connectivity index (χ1v) is 10.0. The summed E-state index contributed by atoms with van der Waals surface area (Å²) in [6.45, 7) is 14.1. The van der Waals surface area contributed by atoms with E-state index in [1.165, 1.54) is 11.1 Å². The molecule has 1 aromatic rings. The molecule has 1 atom stereocenters. The molecule has 1 fully saturated rings. The second-order valence-corrected chi connectivity index (χ2v) is 7.06. The fourth-order valence-corrected chi connectivity index (χ4v) is 3.37. The minimum absolute atomic E-state index is 0.612. The summed E-state index contributed by atoms with van der Waals surface area (Å²) in [6, 6.07) is 8.82. The first-order chi connectivity index (χ1) is 12.7. The van der Waals surface area contributed by atoms with Crippen LogP contribution >= 0.6 is 0 Å². The number of benzene rings is 1. The van der Waals surface area contributed by atoms with Gasteiger partial charge in [-0.15, -0.1) is 0 Å². The van der Waals surface area contributed by atoms with Crippen LogP contribution in [0.2, 0.25) is 0 Å². The molecule has 1 N–H and O–H groups in total. The smallest absolute Gasteiger partial charge is 0.193 e. The normalized spacial score (nSPS) is 17.7. The lowest BCUT2D eigenvalue weighted by atomic mass is 10.1. The van der Waals surface area contributed by atoms with Gasteiger partial charge >= 0.3 is 0 Å². The van der Waals surface area contributed by atoms with Crippen LogP contribution in [0.25, 0.3) is 0 Å². The van der Waals surface area contributed by atoms with Crippen LogP contribution in [0.3, 0.4) is 0 Å². The summed E-state index contributed by atoms with van der Waals surface area (Å²) in [6.07, 6.45) is 1.15. The number of hydrogen-bond donors (Lipinski definition) is 1. The van der Waals surface area contributed by atoms with Gasteiger partial charge in [-0.1, -0.05) is 38.1 Å². The van der Waals surface area contributed by atoms with Crippen LogP contribution in [-0.2, 0) is 17.8 Å². The van der Waals surface area contributed by atoms with Crippen LogP contribution in [0, 0.1) is 5.92 Å². The Morgan fingerprint density at radius 2 is 2.00 bits per heavy atom. The zero-order chi connectivity index (χ0) is 18.8. The number of ether oxygens (including phenoxy) is 1. The summed E-state index contributed by atoms with van der Waals surface area (Å²) < 4.78 is 5.50. The molecule has 1 aromatic carbocycles. The molecule has 1 heterocycles. The van der Waals surface area contributed by atoms with Crippen LogP contribution in [0.4, 0.5) is 0 Å². The summed E-state index contributed by atoms with van der Waals surface area (Å²) in [5.74, 6) is 1.59. The molecule has 5 nitrogen and oxygen atoms in total. The number of aliphatic imine (C=N–C) groups is 1. The molecule has 146 valence electrons. The van der Waals surface area contributed by atoms with Crippen LogP contribution in [0.1, 0.15) is 38.3 Å². The number of guanidine groups is 1. The van der Waals surface area contributed by atoms with E-state index < -0.39 is 0 Å². The minimum Gasteiger partial charge on any atom is -0.381 e. The Kier molecular flexibility index (Phi) is 8.92. The SMILES string of the molecule is CCNC(=NCc1cccc(CN(CC)CC)c1)N(C)CC1CCOC1. The monoisotopic (exact) mass is 360 g/mol. The van der Waals surface area contributed by atoms with E-state index in [1.807, 2.05) is 0 Å². The molecule has 0 aromatic heterocycles. The molecule has 0 spiro atoms. The third-order valence-corrected chi connectivity index (χ3v) is 4.96. The quantitative estimate of drug-likeness (QED) is 0.543. The molecular formula is C21H36N4O. The van der Waals surface area contributed by atoms with E-state index in [0.29, 0.717) is 12.5 Å². The van der Waals surface area contributed by atoms with Gasteiger partial charge in [0.05, 0.1) is 13.2 Å². The Bertz CT molecular complexity index is 551. The minimum atomic E-state index is 0.612. The second kappa shape index (κ2) is 11.2. The Balaban J connectivity index is 1.99. The van der Waals surface area contributed by atoms with Crippen LogP contribution in [0.5, 0.6) is 0 Å². The van der Waals surface area contributed by atoms with Gasteiger partial charge in [-0.2, -0.15) is 0 Å². The van der Waals surface area contributed by atoms with Gasteiger partial charge in [-0.25, -0.2) is 4.99 Å². The lowest BCUT2D eigenvalue weighted by Crippen LogP contribution is -2.41. The summed E-state index contributed by atoms with van der Waals surface area (Å²) in [5.41, 5.74) is 2.63. The van der Waals surface area contributed by atoms with Crippen molar-refractivity contribution in [3.63, 3.8) is 0 Å². The van der Waals surface area contributed by atoms with Gasteiger partial charge in [0.1, 0.15) is 0 Å². The largest absolute Gasteiger partial charge is 0.381 e. The van der Waals surface area contributed by atoms with Crippen molar-refractivity contribution in [2.45, 2.75) is 40.3 Å². The van der Waals surface area contributed by atoms with Crippen LogP contribution < -0.4 is 5.32 Å². The summed E-state index contributed by atoms with van der Waals surface area (Å²) in [4.78, 5) is 9.54. The number of hydrogen-bond acceptors (Lipinski definition) is 3. The van der Waals surface area contributed by atoms with Gasteiger partial charge in [0.25, 0.3) is 0 Å². The van der Waals surface area contributed by atoms with Gasteiger partial charge in [0, 0.05) is 39.2 Å². The molecule has 1 unspecified atom stereocenters. The Morgan fingerprint density at radius 1 is 1.23 bits per heavy atom. The summed E-state index contributed by atoms with van der Waals surface area (Å²) in [5, 5.41) is 3.42. The molecule has 0 saturated carbocycles. The third kappa shape index (κ3) is 6.61. The highest BCUT2D eigenvalue weighted by Gasteiger charge is 2.19. The fourth-order valence-electron chi connectivity index (χ4n) is 3.37. The van der Waals surface area contributed by atoms with E-state index in [4.69, 9.17) is 9.73 Å². The van der Waals surface area contributed by atoms with Gasteiger partial charge in [-0.3, -0.25) is 4.90 Å². The van der Waals surface area contributed by atoms with E-state index in [1.54, 1.807) is 0 Å². The maximum atomic E-state index is 5.50. The fraction of sp³-hybridized carbons (Fsp3) is 0.667. The highest BCUT2D eigenvalue weighted by Crippen LogP contribution is 2.14. The van der Waals surface area contributed by atoms with Gasteiger partial charge in [-0.05, 0) is 37.6 Å². The molecule has 1 saturated heterocycles. The molecule has 1 aliphatic rings. The predicted molar refractivity (Wildman–Crippen MR) is 109 cm³/mol. The molecule has 1 aliphatic heterocycles. The van der Waals surface area contributed by atoms with Crippen molar-refractivity contribution >= 4 is 5.96 Å². The zero-order valence-corrected chi connectivity index (χ0v) is 17.0. The molecule has 5 heteroatoms. The van der Waals surface area contributed by atoms with E-state index in [-0.39, 0.29) is 0 Å². The lowest BCUT2D eigenvalue weighted by molar-refractivity contribution is 0.181. The highest BCUT2D eigenvalue weighted by molar-refractivity contribution is 5.79. The Hall–Kier alpha value is -1.59. The standard InChI is InChI=1S/C21H36N4O/c1-5-22-21(24(4)15-20-11-12-26-17-20)23-14-18-9-8-10-19(13-18)16-25(6-2)7-3/h8-10,13,20H,5-7,11-12,14-17H2,1-4H3,(H,22,23). The average molecular weight is 361 g/mol. The van der Waals surface area contributed by atoms with Crippen LogP contribution in [0.15, 0.2) is 29.3 Å². The number of nitrogens with one attached hydrogen (secondary N) is 1. The van der Waals surface area contributed by atoms with Gasteiger partial charge in [0.2, 0.25) is 0 Å². The molecule has 0 amide bonds. The van der Waals surface area contributed by atoms with Crippen molar-refractivity contribution in [2.75, 3.05) is 46.4 Å². The average Bonchev–Trinajstić information content (AvgIpc) is 3.16. The van der Waals surface area contributed by atoms with Crippen molar-refractivity contribution in [2.24, 2.45) is 10.9 Å². The van der Waals surface area contributed by atoms with E-state index >= 15 is 0 Å². The number of nitrogens with zero attached hydrogens (tertiary/aromatic N) is 3. The molecule has 26 heavy (non-hydrogen) atoms. The zero-order valence-electron chi connectivity index (χ0n) is 17.0. The second-order valence-electron chi connectivity index (χ2n) is 7.06. The van der Waals surface area contributed by atoms with Gasteiger partial charge in [0.15, 0.2) is 5.96 Å². The van der Waals surface area contributed by atoms with Gasteiger partial charge < -0.3 is 15.0 Å². The maximum absolute atomic E-state index is 5.50. The first kappa shape index (κ1) is 20.7. The summed E-state index contributed by atoms with van der Waals surface area (Å²) in [7, 11) is 2.12. The summed E-state index contributed by atoms with van der Waals surface area (Å²) >= 11 is 0. The topological polar surface area (TPSA) is 40.1 Å². The van der Waals surface area contributed by atoms with Crippen molar-refractivity contribution in [1.29, 1.82) is 0 Å². The van der Waals surface area contributed by atoms with E-state index in [9.17, 15) is 0 Å². The molecular weight excluding hydrogens is 324 g/mol. The molecule has 0 bridgehead atoms.